The third-order valence-corrected chi connectivity index (χ3v) is 3.67. The van der Waals surface area contributed by atoms with Crippen molar-refractivity contribution >= 4 is 11.9 Å². The molecule has 142 valence electrons. The molecule has 0 aliphatic rings. The van der Waals surface area contributed by atoms with Crippen LogP contribution in [-0.2, 0) is 17.4 Å². The van der Waals surface area contributed by atoms with E-state index in [2.05, 4.69) is 25.6 Å². The Balaban J connectivity index is 1.84. The Morgan fingerprint density at radius 1 is 1.19 bits per heavy atom. The molecule has 0 aliphatic heterocycles. The summed E-state index contributed by atoms with van der Waals surface area (Å²) in [6.45, 7) is -0.137. The number of alkyl halides is 3. The number of nitrogens with zero attached hydrogens (tertiary/aromatic N) is 4. The Kier molecular flexibility index (Phi) is 6.14. The van der Waals surface area contributed by atoms with Crippen molar-refractivity contribution in [2.24, 2.45) is 7.05 Å². The summed E-state index contributed by atoms with van der Waals surface area (Å²) < 4.78 is 41.1. The van der Waals surface area contributed by atoms with Crippen LogP contribution in [0.25, 0.3) is 0 Å². The number of amides is 1. The molecule has 2 aromatic heterocycles. The van der Waals surface area contributed by atoms with Gasteiger partial charge in [-0.2, -0.15) is 13.2 Å². The zero-order valence-corrected chi connectivity index (χ0v) is 14.0. The van der Waals surface area contributed by atoms with Gasteiger partial charge in [0.15, 0.2) is 0 Å². The predicted molar refractivity (Wildman–Crippen MR) is 85.9 cm³/mol. The van der Waals surface area contributed by atoms with Gasteiger partial charge in [0.05, 0.1) is 0 Å². The van der Waals surface area contributed by atoms with E-state index in [1.165, 1.54) is 31.8 Å². The molecule has 0 radical (unpaired) electrons. The molecule has 2 aromatic rings. The number of aliphatic hydroxyl groups is 1. The van der Waals surface area contributed by atoms with E-state index in [0.29, 0.717) is 5.95 Å². The minimum atomic E-state index is -4.93. The van der Waals surface area contributed by atoms with Crippen molar-refractivity contribution in [2.45, 2.75) is 24.6 Å². The molecule has 0 aliphatic carbocycles. The molecule has 26 heavy (non-hydrogen) atoms. The van der Waals surface area contributed by atoms with Gasteiger partial charge < -0.3 is 20.3 Å². The molecule has 0 bridgehead atoms. The van der Waals surface area contributed by atoms with Crippen LogP contribution < -0.4 is 10.6 Å². The van der Waals surface area contributed by atoms with Gasteiger partial charge in [0.1, 0.15) is 5.82 Å². The number of carbonyl (C=O) groups excluding carboxylic acids is 1. The van der Waals surface area contributed by atoms with E-state index in [-0.39, 0.29) is 19.5 Å². The number of anilines is 1. The van der Waals surface area contributed by atoms with Crippen molar-refractivity contribution < 1.29 is 23.1 Å². The monoisotopic (exact) mass is 372 g/mol. The fraction of sp³-hybridized carbons (Fsp3) is 0.467. The van der Waals surface area contributed by atoms with Crippen molar-refractivity contribution in [2.75, 3.05) is 18.4 Å². The molecule has 1 unspecified atom stereocenters. The Hall–Kier alpha value is -2.69. The van der Waals surface area contributed by atoms with Gasteiger partial charge >= 0.3 is 6.18 Å². The minimum Gasteiger partial charge on any atom is -0.374 e. The highest BCUT2D eigenvalue weighted by molar-refractivity contribution is 5.76. The number of rotatable bonds is 8. The van der Waals surface area contributed by atoms with Crippen LogP contribution in [0.4, 0.5) is 19.1 Å². The van der Waals surface area contributed by atoms with Crippen LogP contribution in [0.3, 0.4) is 0 Å². The molecule has 11 heteroatoms. The van der Waals surface area contributed by atoms with Gasteiger partial charge in [-0.25, -0.2) is 15.0 Å². The van der Waals surface area contributed by atoms with Crippen LogP contribution in [0.15, 0.2) is 30.9 Å². The average Bonchev–Trinajstić information content (AvgIpc) is 3.01. The van der Waals surface area contributed by atoms with Crippen molar-refractivity contribution in [3.63, 3.8) is 0 Å². The number of hydrogen-bond acceptors (Lipinski definition) is 6. The van der Waals surface area contributed by atoms with E-state index in [4.69, 9.17) is 0 Å². The van der Waals surface area contributed by atoms with Gasteiger partial charge in [0.2, 0.25) is 17.5 Å². The Bertz CT molecular complexity index is 722. The first-order valence-corrected chi connectivity index (χ1v) is 7.78. The summed E-state index contributed by atoms with van der Waals surface area (Å²) in [6, 6.07) is 1.64. The Morgan fingerprint density at radius 3 is 2.46 bits per heavy atom. The van der Waals surface area contributed by atoms with Crippen LogP contribution in [0.5, 0.6) is 0 Å². The van der Waals surface area contributed by atoms with E-state index in [1.807, 2.05) is 0 Å². The summed E-state index contributed by atoms with van der Waals surface area (Å²) in [5.41, 5.74) is -3.14. The van der Waals surface area contributed by atoms with Gasteiger partial charge in [-0.3, -0.25) is 4.79 Å². The highest BCUT2D eigenvalue weighted by Crippen LogP contribution is 2.40. The Morgan fingerprint density at radius 2 is 1.88 bits per heavy atom. The summed E-state index contributed by atoms with van der Waals surface area (Å²) in [7, 11) is 1.36. The minimum absolute atomic E-state index is 0.0190. The van der Waals surface area contributed by atoms with Crippen molar-refractivity contribution in [3.8, 4) is 0 Å². The topological polar surface area (TPSA) is 105 Å². The third kappa shape index (κ3) is 4.69. The smallest absolute Gasteiger partial charge is 0.374 e. The molecule has 0 spiro atoms. The van der Waals surface area contributed by atoms with Gasteiger partial charge in [0, 0.05) is 57.8 Å². The molecule has 2 heterocycles. The first-order chi connectivity index (χ1) is 12.2. The lowest BCUT2D eigenvalue weighted by Gasteiger charge is -2.30. The first kappa shape index (κ1) is 19.6. The highest BCUT2D eigenvalue weighted by Gasteiger charge is 2.57. The maximum atomic E-state index is 13.3. The highest BCUT2D eigenvalue weighted by atomic mass is 19.4. The van der Waals surface area contributed by atoms with Crippen LogP contribution in [-0.4, -0.2) is 49.8 Å². The maximum Gasteiger partial charge on any atom is 0.424 e. The molecule has 8 nitrogen and oxygen atoms in total. The fourth-order valence-corrected chi connectivity index (χ4v) is 2.29. The summed E-state index contributed by atoms with van der Waals surface area (Å²) in [5.74, 6) is -0.638. The largest absolute Gasteiger partial charge is 0.424 e. The third-order valence-electron chi connectivity index (χ3n) is 3.67. The number of nitrogens with one attached hydrogen (secondary N) is 2. The van der Waals surface area contributed by atoms with Gasteiger partial charge in [-0.05, 0) is 6.07 Å². The molecule has 0 aromatic carbocycles. The van der Waals surface area contributed by atoms with E-state index >= 15 is 0 Å². The van der Waals surface area contributed by atoms with E-state index in [1.54, 1.807) is 6.07 Å². The lowest BCUT2D eigenvalue weighted by Crippen LogP contribution is -2.46. The summed E-state index contributed by atoms with van der Waals surface area (Å²) >= 11 is 0. The van der Waals surface area contributed by atoms with Crippen LogP contribution >= 0.6 is 0 Å². The summed E-state index contributed by atoms with van der Waals surface area (Å²) in [4.78, 5) is 23.2. The molecular formula is C15H19F3N6O2. The fourth-order valence-electron chi connectivity index (χ4n) is 2.29. The van der Waals surface area contributed by atoms with Crippen molar-refractivity contribution in [1.29, 1.82) is 0 Å². The zero-order valence-electron chi connectivity index (χ0n) is 14.0. The molecular weight excluding hydrogens is 353 g/mol. The number of aromatic nitrogens is 4. The standard InChI is InChI=1S/C15H19F3N6O2/c1-24-10-9-20-12(24)14(26,15(16,17)18)4-8-19-11(25)3-7-23-13-21-5-2-6-22-13/h2,5-6,9-10,26H,3-4,7-8H2,1H3,(H,19,25)(H,21,22,23). The van der Waals surface area contributed by atoms with E-state index < -0.39 is 29.9 Å². The molecule has 1 amide bonds. The normalized spacial score (nSPS) is 13.9. The second kappa shape index (κ2) is 8.13. The molecule has 0 saturated heterocycles. The number of aryl methyl sites for hydroxylation is 1. The molecule has 0 saturated carbocycles. The summed E-state index contributed by atoms with van der Waals surface area (Å²) in [5, 5.41) is 15.3. The van der Waals surface area contributed by atoms with Crippen molar-refractivity contribution in [3.05, 3.63) is 36.7 Å². The van der Waals surface area contributed by atoms with Gasteiger partial charge in [-0.15, -0.1) is 0 Å². The lowest BCUT2D eigenvalue weighted by molar-refractivity contribution is -0.272. The van der Waals surface area contributed by atoms with Crippen LogP contribution in [0.1, 0.15) is 18.7 Å². The Labute approximate surface area is 147 Å². The molecule has 2 rings (SSSR count). The first-order valence-electron chi connectivity index (χ1n) is 7.78. The quantitative estimate of drug-likeness (QED) is 0.638. The lowest BCUT2D eigenvalue weighted by atomic mass is 9.97. The van der Waals surface area contributed by atoms with Gasteiger partial charge in [-0.1, -0.05) is 0 Å². The second-order valence-corrected chi connectivity index (χ2v) is 5.57. The summed E-state index contributed by atoms with van der Waals surface area (Å²) in [6.07, 6.45) is -0.115. The van der Waals surface area contributed by atoms with Crippen molar-refractivity contribution in [1.82, 2.24) is 24.8 Å². The number of imidazole rings is 1. The maximum absolute atomic E-state index is 13.3. The van der Waals surface area contributed by atoms with Crippen LogP contribution in [0, 0.1) is 0 Å². The number of halogens is 3. The van der Waals surface area contributed by atoms with E-state index in [0.717, 1.165) is 4.57 Å². The number of carbonyl (C=O) groups is 1. The molecule has 1 atom stereocenters. The average molecular weight is 372 g/mol. The van der Waals surface area contributed by atoms with E-state index in [9.17, 15) is 23.1 Å². The number of hydrogen-bond donors (Lipinski definition) is 3. The second-order valence-electron chi connectivity index (χ2n) is 5.57. The SMILES string of the molecule is Cn1ccnc1C(O)(CCNC(=O)CCNc1ncccn1)C(F)(F)F. The molecule has 3 N–H and O–H groups in total. The molecule has 0 fully saturated rings. The predicted octanol–water partition coefficient (Wildman–Crippen LogP) is 0.968. The zero-order chi connectivity index (χ0) is 19.2. The van der Waals surface area contributed by atoms with Gasteiger partial charge in [0.25, 0.3) is 0 Å². The van der Waals surface area contributed by atoms with Crippen LogP contribution in [0.2, 0.25) is 0 Å².